The predicted octanol–water partition coefficient (Wildman–Crippen LogP) is 2.33. The molecule has 0 aromatic rings. The van der Waals surface area contributed by atoms with E-state index in [1.165, 1.54) is 32.1 Å². The van der Waals surface area contributed by atoms with Crippen molar-refractivity contribution in [2.45, 2.75) is 64.1 Å². The van der Waals surface area contributed by atoms with Crippen molar-refractivity contribution in [1.82, 2.24) is 5.32 Å². The van der Waals surface area contributed by atoms with E-state index in [1.54, 1.807) is 0 Å². The first-order valence-electron chi connectivity index (χ1n) is 5.51. The summed E-state index contributed by atoms with van der Waals surface area (Å²) < 4.78 is 5.44. The minimum atomic E-state index is 0.485. The van der Waals surface area contributed by atoms with E-state index in [-0.39, 0.29) is 0 Å². The molecule has 0 saturated heterocycles. The van der Waals surface area contributed by atoms with Gasteiger partial charge in [-0.2, -0.15) is 0 Å². The fourth-order valence-corrected chi connectivity index (χ4v) is 2.15. The lowest BCUT2D eigenvalue weighted by Crippen LogP contribution is -2.36. The molecule has 1 fully saturated rings. The van der Waals surface area contributed by atoms with Crippen molar-refractivity contribution >= 4 is 0 Å². The third kappa shape index (κ3) is 4.10. The molecular formula is C11H23NO. The van der Waals surface area contributed by atoms with Gasteiger partial charge in [-0.1, -0.05) is 26.7 Å². The molecule has 0 unspecified atom stereocenters. The lowest BCUT2D eigenvalue weighted by atomic mass is 10.1. The zero-order chi connectivity index (χ0) is 9.68. The van der Waals surface area contributed by atoms with E-state index in [0.29, 0.717) is 18.2 Å². The van der Waals surface area contributed by atoms with Crippen LogP contribution < -0.4 is 5.32 Å². The summed E-state index contributed by atoms with van der Waals surface area (Å²) in [5.41, 5.74) is 0. The van der Waals surface area contributed by atoms with Crippen molar-refractivity contribution in [1.29, 1.82) is 0 Å². The molecule has 0 amide bonds. The minimum absolute atomic E-state index is 0.485. The largest absolute Gasteiger partial charge is 0.381 e. The van der Waals surface area contributed by atoms with Crippen LogP contribution in [0.4, 0.5) is 0 Å². The highest BCUT2D eigenvalue weighted by Crippen LogP contribution is 2.20. The quantitative estimate of drug-likeness (QED) is 0.681. The smallest absolute Gasteiger partial charge is 0.0586 e. The van der Waals surface area contributed by atoms with E-state index in [2.05, 4.69) is 19.2 Å². The second kappa shape index (κ2) is 5.61. The van der Waals surface area contributed by atoms with Crippen molar-refractivity contribution in [3.63, 3.8) is 0 Å². The number of ether oxygens (including phenoxy) is 1. The Morgan fingerprint density at radius 3 is 2.54 bits per heavy atom. The summed E-state index contributed by atoms with van der Waals surface area (Å²) >= 11 is 0. The first-order chi connectivity index (χ1) is 6.22. The van der Waals surface area contributed by atoms with Crippen LogP contribution in [0.25, 0.3) is 0 Å². The molecule has 0 bridgehead atoms. The normalized spacial score (nSPS) is 30.5. The molecule has 78 valence electrons. The number of nitrogens with one attached hydrogen (secondary N) is 1. The summed E-state index contributed by atoms with van der Waals surface area (Å²) in [6.07, 6.45) is 6.91. The molecule has 13 heavy (non-hydrogen) atoms. The van der Waals surface area contributed by atoms with Gasteiger partial charge in [0.15, 0.2) is 0 Å². The highest BCUT2D eigenvalue weighted by molar-refractivity contribution is 4.77. The van der Waals surface area contributed by atoms with Crippen molar-refractivity contribution in [3.05, 3.63) is 0 Å². The molecule has 1 aliphatic rings. The van der Waals surface area contributed by atoms with E-state index in [4.69, 9.17) is 4.74 Å². The fraction of sp³-hybridized carbons (Fsp3) is 1.00. The molecule has 1 rings (SSSR count). The van der Waals surface area contributed by atoms with Crippen LogP contribution >= 0.6 is 0 Å². The topological polar surface area (TPSA) is 21.3 Å². The van der Waals surface area contributed by atoms with Crippen LogP contribution in [-0.4, -0.2) is 25.3 Å². The van der Waals surface area contributed by atoms with E-state index >= 15 is 0 Å². The Kier molecular flexibility index (Phi) is 4.74. The van der Waals surface area contributed by atoms with Crippen LogP contribution in [0.1, 0.15) is 46.0 Å². The average molecular weight is 185 g/mol. The van der Waals surface area contributed by atoms with E-state index < -0.39 is 0 Å². The van der Waals surface area contributed by atoms with Gasteiger partial charge in [-0.3, -0.25) is 0 Å². The molecular weight excluding hydrogens is 162 g/mol. The summed E-state index contributed by atoms with van der Waals surface area (Å²) in [5.74, 6) is 0. The van der Waals surface area contributed by atoms with Gasteiger partial charge in [-0.05, 0) is 19.3 Å². The predicted molar refractivity (Wildman–Crippen MR) is 55.9 cm³/mol. The zero-order valence-electron chi connectivity index (χ0n) is 9.18. The van der Waals surface area contributed by atoms with E-state index in [9.17, 15) is 0 Å². The van der Waals surface area contributed by atoms with Crippen LogP contribution in [0.15, 0.2) is 0 Å². The Bertz CT molecular complexity index is 136. The molecule has 0 aromatic heterocycles. The van der Waals surface area contributed by atoms with Gasteiger partial charge in [0.2, 0.25) is 0 Å². The summed E-state index contributed by atoms with van der Waals surface area (Å²) in [5, 5.41) is 3.61. The number of methoxy groups -OCH3 is 1. The maximum Gasteiger partial charge on any atom is 0.0586 e. The summed E-state index contributed by atoms with van der Waals surface area (Å²) in [7, 11) is 1.84. The molecule has 0 spiro atoms. The third-order valence-electron chi connectivity index (χ3n) is 2.78. The van der Waals surface area contributed by atoms with E-state index in [1.807, 2.05) is 7.11 Å². The second-order valence-corrected chi connectivity index (χ2v) is 4.40. The zero-order valence-corrected chi connectivity index (χ0v) is 9.18. The second-order valence-electron chi connectivity index (χ2n) is 4.40. The van der Waals surface area contributed by atoms with Gasteiger partial charge in [0.05, 0.1) is 6.10 Å². The molecule has 0 radical (unpaired) electrons. The van der Waals surface area contributed by atoms with Crippen LogP contribution in [0, 0.1) is 0 Å². The monoisotopic (exact) mass is 185 g/mol. The maximum absolute atomic E-state index is 5.44. The van der Waals surface area contributed by atoms with Gasteiger partial charge in [-0.25, -0.2) is 0 Å². The molecule has 1 saturated carbocycles. The number of rotatable bonds is 3. The number of hydrogen-bond acceptors (Lipinski definition) is 2. The van der Waals surface area contributed by atoms with E-state index in [0.717, 1.165) is 0 Å². The Balaban J connectivity index is 2.35. The summed E-state index contributed by atoms with van der Waals surface area (Å²) in [6.45, 7) is 4.43. The Morgan fingerprint density at radius 1 is 1.23 bits per heavy atom. The standard InChI is InChI=1S/C11H23NO/c1-9(2)12-10-6-4-5-7-11(8-10)13-3/h9-12H,4-8H2,1-3H3/t10-,11-/m1/s1. The fourth-order valence-electron chi connectivity index (χ4n) is 2.15. The first kappa shape index (κ1) is 11.0. The maximum atomic E-state index is 5.44. The Labute approximate surface area is 82.0 Å². The molecule has 0 heterocycles. The lowest BCUT2D eigenvalue weighted by molar-refractivity contribution is 0.0827. The van der Waals surface area contributed by atoms with Crippen molar-refractivity contribution in [2.75, 3.05) is 7.11 Å². The molecule has 1 N–H and O–H groups in total. The van der Waals surface area contributed by atoms with Crippen LogP contribution in [0.5, 0.6) is 0 Å². The van der Waals surface area contributed by atoms with Crippen molar-refractivity contribution < 1.29 is 4.74 Å². The van der Waals surface area contributed by atoms with Gasteiger partial charge >= 0.3 is 0 Å². The molecule has 1 aliphatic carbocycles. The van der Waals surface area contributed by atoms with Crippen molar-refractivity contribution in [2.24, 2.45) is 0 Å². The number of hydrogen-bond donors (Lipinski definition) is 1. The SMILES string of the molecule is CO[C@@H]1CCCC[C@@H](NC(C)C)C1. The van der Waals surface area contributed by atoms with Gasteiger partial charge < -0.3 is 10.1 Å². The highest BCUT2D eigenvalue weighted by Gasteiger charge is 2.19. The summed E-state index contributed by atoms with van der Waals surface area (Å²) in [4.78, 5) is 0. The molecule has 0 aromatic carbocycles. The minimum Gasteiger partial charge on any atom is -0.381 e. The third-order valence-corrected chi connectivity index (χ3v) is 2.78. The Morgan fingerprint density at radius 2 is 1.92 bits per heavy atom. The first-order valence-corrected chi connectivity index (χ1v) is 5.51. The van der Waals surface area contributed by atoms with Gasteiger partial charge in [0.25, 0.3) is 0 Å². The molecule has 0 aliphatic heterocycles. The summed E-state index contributed by atoms with van der Waals surface area (Å²) in [6, 6.07) is 1.27. The van der Waals surface area contributed by atoms with Crippen molar-refractivity contribution in [3.8, 4) is 0 Å². The van der Waals surface area contributed by atoms with Crippen LogP contribution in [0.2, 0.25) is 0 Å². The van der Waals surface area contributed by atoms with Crippen LogP contribution in [-0.2, 0) is 4.74 Å². The average Bonchev–Trinajstić information content (AvgIpc) is 2.28. The van der Waals surface area contributed by atoms with Gasteiger partial charge in [0.1, 0.15) is 0 Å². The lowest BCUT2D eigenvalue weighted by Gasteiger charge is -2.22. The van der Waals surface area contributed by atoms with Gasteiger partial charge in [-0.15, -0.1) is 0 Å². The molecule has 2 heteroatoms. The Hall–Kier alpha value is -0.0800. The van der Waals surface area contributed by atoms with Crippen LogP contribution in [0.3, 0.4) is 0 Å². The molecule has 2 atom stereocenters. The highest BCUT2D eigenvalue weighted by atomic mass is 16.5. The van der Waals surface area contributed by atoms with Gasteiger partial charge in [0, 0.05) is 19.2 Å². The molecule has 2 nitrogen and oxygen atoms in total.